The minimum absolute atomic E-state index is 0.0499. The summed E-state index contributed by atoms with van der Waals surface area (Å²) in [4.78, 5) is 32.6. The van der Waals surface area contributed by atoms with E-state index in [1.165, 1.54) is 16.7 Å². The summed E-state index contributed by atoms with van der Waals surface area (Å²) < 4.78 is 0. The highest BCUT2D eigenvalue weighted by Gasteiger charge is 2.44. The van der Waals surface area contributed by atoms with Crippen LogP contribution in [-0.2, 0) is 29.1 Å². The minimum atomic E-state index is -0.0545. The monoisotopic (exact) mass is 579 g/mol. The fraction of sp³-hybridized carbons (Fsp3) is 0.389. The highest BCUT2D eigenvalue weighted by atomic mass is 32.2. The number of nitrogens with one attached hydrogen (secondary N) is 1. The molecule has 2 heterocycles. The Hall–Kier alpha value is -3.35. The van der Waals surface area contributed by atoms with Crippen molar-refractivity contribution in [3.63, 3.8) is 0 Å². The first kappa shape index (κ1) is 28.8. The number of benzene rings is 3. The number of thioether (sulfide) groups is 1. The number of rotatable bonds is 8. The summed E-state index contributed by atoms with van der Waals surface area (Å²) in [5.41, 5.74) is 6.28. The smallest absolute Gasteiger partial charge is 0.260 e. The van der Waals surface area contributed by atoms with E-state index in [-0.39, 0.29) is 23.8 Å². The van der Waals surface area contributed by atoms with E-state index >= 15 is 0 Å². The Morgan fingerprint density at radius 2 is 1.81 bits per heavy atom. The van der Waals surface area contributed by atoms with Crippen LogP contribution in [0.25, 0.3) is 6.08 Å². The molecule has 1 saturated heterocycles. The Labute approximate surface area is 254 Å². The van der Waals surface area contributed by atoms with Crippen molar-refractivity contribution < 1.29 is 9.59 Å². The third-order valence-corrected chi connectivity index (χ3v) is 10.4. The van der Waals surface area contributed by atoms with Gasteiger partial charge in [0.2, 0.25) is 5.91 Å². The molecule has 3 unspecified atom stereocenters. The van der Waals surface area contributed by atoms with Crippen LogP contribution >= 0.6 is 11.8 Å². The molecular formula is C36H41N3O2S. The van der Waals surface area contributed by atoms with Crippen molar-refractivity contribution in [1.29, 1.82) is 0 Å². The number of carbonyl (C=O) groups excluding carboxylic acids is 2. The van der Waals surface area contributed by atoms with Crippen LogP contribution in [0.2, 0.25) is 0 Å². The first-order chi connectivity index (χ1) is 20.5. The normalized spacial score (nSPS) is 23.4. The third kappa shape index (κ3) is 6.82. The Balaban J connectivity index is 1.08. The van der Waals surface area contributed by atoms with Gasteiger partial charge in [0.25, 0.3) is 5.91 Å². The van der Waals surface area contributed by atoms with Crippen LogP contribution in [0.1, 0.15) is 53.5 Å². The van der Waals surface area contributed by atoms with Crippen LogP contribution in [0.5, 0.6) is 0 Å². The van der Waals surface area contributed by atoms with E-state index in [0.717, 1.165) is 67.8 Å². The second-order valence-electron chi connectivity index (χ2n) is 12.0. The fourth-order valence-corrected chi connectivity index (χ4v) is 8.14. The molecule has 2 amide bonds. The van der Waals surface area contributed by atoms with Crippen LogP contribution in [0.3, 0.4) is 0 Å². The van der Waals surface area contributed by atoms with Crippen molar-refractivity contribution >= 4 is 29.7 Å². The molecule has 2 aliphatic heterocycles. The molecule has 0 bridgehead atoms. The molecule has 42 heavy (non-hydrogen) atoms. The van der Waals surface area contributed by atoms with Gasteiger partial charge in [-0.3, -0.25) is 14.5 Å². The lowest BCUT2D eigenvalue weighted by molar-refractivity contribution is -0.133. The molecule has 3 aromatic rings. The molecular weight excluding hydrogens is 538 g/mol. The van der Waals surface area contributed by atoms with Crippen molar-refractivity contribution in [2.24, 2.45) is 5.92 Å². The van der Waals surface area contributed by atoms with Crippen molar-refractivity contribution in [2.45, 2.75) is 63.4 Å². The highest BCUT2D eigenvalue weighted by Crippen LogP contribution is 2.44. The maximum absolute atomic E-state index is 13.9. The zero-order valence-electron chi connectivity index (χ0n) is 24.5. The number of fused-ring (bicyclic) bond motifs is 2. The molecule has 3 atom stereocenters. The quantitative estimate of drug-likeness (QED) is 0.255. The summed E-state index contributed by atoms with van der Waals surface area (Å²) in [7, 11) is 0. The molecule has 0 radical (unpaired) electrons. The molecule has 5 nitrogen and oxygen atoms in total. The lowest BCUT2D eigenvalue weighted by Crippen LogP contribution is -2.53. The predicted octanol–water partition coefficient (Wildman–Crippen LogP) is 6.21. The van der Waals surface area contributed by atoms with Crippen LogP contribution in [0.4, 0.5) is 0 Å². The molecule has 2 fully saturated rings. The standard InChI is InChI=1S/C36H41N3O2S/c1-26-9-7-12-28(21-26)24-39-32-23-30(15-16-33(32)42-34(36(39)41)22-27-10-3-2-4-11-27)35(40)37-18-8-19-38-20-17-29-13-5-6-14-31(29)25-38/h2-7,9-14,21-22,30,32-33H,8,15-20,23-25H2,1H3,(H,37,40)/b34-22-. The van der Waals surface area contributed by atoms with Gasteiger partial charge >= 0.3 is 0 Å². The maximum atomic E-state index is 13.9. The Bertz CT molecular complexity index is 1440. The van der Waals surface area contributed by atoms with Gasteiger partial charge in [0.15, 0.2) is 0 Å². The molecule has 1 saturated carbocycles. The van der Waals surface area contributed by atoms with Crippen molar-refractivity contribution in [3.05, 3.63) is 112 Å². The summed E-state index contributed by atoms with van der Waals surface area (Å²) in [6.45, 7) is 6.44. The summed E-state index contributed by atoms with van der Waals surface area (Å²) in [5, 5.41) is 3.54. The largest absolute Gasteiger partial charge is 0.356 e. The molecule has 6 heteroatoms. The number of carbonyl (C=O) groups is 2. The summed E-state index contributed by atoms with van der Waals surface area (Å²) in [6.07, 6.45) is 6.62. The molecule has 1 N–H and O–H groups in total. The van der Waals surface area contributed by atoms with Gasteiger partial charge < -0.3 is 10.2 Å². The Morgan fingerprint density at radius 3 is 2.64 bits per heavy atom. The topological polar surface area (TPSA) is 52.7 Å². The zero-order valence-corrected chi connectivity index (χ0v) is 25.3. The molecule has 0 aromatic heterocycles. The molecule has 218 valence electrons. The highest BCUT2D eigenvalue weighted by molar-refractivity contribution is 8.04. The molecule has 3 aliphatic rings. The number of aryl methyl sites for hydroxylation is 1. The van der Waals surface area contributed by atoms with Crippen molar-refractivity contribution in [1.82, 2.24) is 15.1 Å². The summed E-state index contributed by atoms with van der Waals surface area (Å²) in [5.74, 6) is 0.174. The third-order valence-electron chi connectivity index (χ3n) is 8.97. The average molecular weight is 580 g/mol. The van der Waals surface area contributed by atoms with Gasteiger partial charge in [0.05, 0.1) is 4.91 Å². The number of hydrogen-bond acceptors (Lipinski definition) is 4. The number of hydrogen-bond donors (Lipinski definition) is 1. The van der Waals surface area contributed by atoms with Gasteiger partial charge in [-0.25, -0.2) is 0 Å². The van der Waals surface area contributed by atoms with Crippen LogP contribution in [0.15, 0.2) is 83.8 Å². The summed E-state index contributed by atoms with van der Waals surface area (Å²) >= 11 is 1.71. The Morgan fingerprint density at radius 1 is 1.00 bits per heavy atom. The molecule has 6 rings (SSSR count). The SMILES string of the molecule is Cc1cccc(CN2C(=O)/C(=C/c3ccccc3)SC3CCC(C(=O)NCCCN4CCc5ccccc5C4)CC32)c1. The Kier molecular flexibility index (Phi) is 9.11. The molecule has 1 aliphatic carbocycles. The van der Waals surface area contributed by atoms with Gasteiger partial charge in [-0.2, -0.15) is 0 Å². The van der Waals surface area contributed by atoms with Crippen LogP contribution in [0, 0.1) is 12.8 Å². The van der Waals surface area contributed by atoms with Gasteiger partial charge in [-0.05, 0) is 67.4 Å². The van der Waals surface area contributed by atoms with Gasteiger partial charge in [-0.1, -0.05) is 84.4 Å². The van der Waals surface area contributed by atoms with Crippen LogP contribution in [-0.4, -0.2) is 52.5 Å². The van der Waals surface area contributed by atoms with E-state index in [2.05, 4.69) is 70.6 Å². The second kappa shape index (κ2) is 13.3. The van der Waals surface area contributed by atoms with Gasteiger partial charge in [-0.15, -0.1) is 11.8 Å². The van der Waals surface area contributed by atoms with E-state index in [1.807, 2.05) is 36.4 Å². The van der Waals surface area contributed by atoms with Crippen molar-refractivity contribution in [3.8, 4) is 0 Å². The average Bonchev–Trinajstić information content (AvgIpc) is 3.01. The minimum Gasteiger partial charge on any atom is -0.356 e. The van der Waals surface area contributed by atoms with Crippen molar-refractivity contribution in [2.75, 3.05) is 19.6 Å². The summed E-state index contributed by atoms with van der Waals surface area (Å²) in [6, 6.07) is 27.3. The van der Waals surface area contributed by atoms with E-state index in [0.29, 0.717) is 18.3 Å². The van der Waals surface area contributed by atoms with E-state index < -0.39 is 0 Å². The van der Waals surface area contributed by atoms with Crippen LogP contribution < -0.4 is 5.32 Å². The zero-order chi connectivity index (χ0) is 28.9. The molecule has 3 aromatic carbocycles. The number of nitrogens with zero attached hydrogens (tertiary/aromatic N) is 2. The first-order valence-corrected chi connectivity index (χ1v) is 16.3. The maximum Gasteiger partial charge on any atom is 0.260 e. The first-order valence-electron chi connectivity index (χ1n) is 15.4. The number of amides is 2. The van der Waals surface area contributed by atoms with E-state index in [9.17, 15) is 9.59 Å². The second-order valence-corrected chi connectivity index (χ2v) is 13.3. The lowest BCUT2D eigenvalue weighted by atomic mass is 9.83. The lowest BCUT2D eigenvalue weighted by Gasteiger charge is -2.46. The predicted molar refractivity (Wildman–Crippen MR) is 172 cm³/mol. The van der Waals surface area contributed by atoms with Gasteiger partial charge in [0.1, 0.15) is 0 Å². The fourth-order valence-electron chi connectivity index (χ4n) is 6.72. The van der Waals surface area contributed by atoms with E-state index in [4.69, 9.17) is 0 Å². The molecule has 0 spiro atoms. The van der Waals surface area contributed by atoms with E-state index in [1.54, 1.807) is 11.8 Å². The van der Waals surface area contributed by atoms with Gasteiger partial charge in [0, 0.05) is 49.9 Å².